The number of anilines is 2. The number of hydrogen-bond acceptors (Lipinski definition) is 10. The van der Waals surface area contributed by atoms with Gasteiger partial charge in [-0.2, -0.15) is 4.98 Å². The average molecular weight is 676 g/mol. The van der Waals surface area contributed by atoms with E-state index in [9.17, 15) is 18.0 Å². The first kappa shape index (κ1) is 34.2. The van der Waals surface area contributed by atoms with E-state index >= 15 is 0 Å². The van der Waals surface area contributed by atoms with Crippen molar-refractivity contribution in [2.24, 2.45) is 5.41 Å². The minimum Gasteiger partial charge on any atom is -0.475 e. The molecule has 0 unspecified atom stereocenters. The van der Waals surface area contributed by atoms with Gasteiger partial charge in [0.2, 0.25) is 11.8 Å². The summed E-state index contributed by atoms with van der Waals surface area (Å²) < 4.78 is 40.8. The molecule has 0 saturated heterocycles. The highest BCUT2D eigenvalue weighted by Gasteiger charge is 2.32. The molecule has 4 aromatic rings. The Morgan fingerprint density at radius 3 is 2.40 bits per heavy atom. The van der Waals surface area contributed by atoms with Gasteiger partial charge in [-0.15, -0.1) is 0 Å². The van der Waals surface area contributed by atoms with Gasteiger partial charge in [-0.05, 0) is 55.0 Å². The lowest BCUT2D eigenvalue weighted by Crippen LogP contribution is -2.45. The second-order valence-electron chi connectivity index (χ2n) is 12.9. The quantitative estimate of drug-likeness (QED) is 0.281. The highest BCUT2D eigenvalue weighted by Crippen LogP contribution is 2.31. The van der Waals surface area contributed by atoms with Crippen LogP contribution in [0.5, 0.6) is 5.88 Å². The van der Waals surface area contributed by atoms with Crippen LogP contribution in [0.15, 0.2) is 65.8 Å². The Labute approximate surface area is 281 Å². The summed E-state index contributed by atoms with van der Waals surface area (Å²) in [6.07, 6.45) is 2.87. The van der Waals surface area contributed by atoms with Gasteiger partial charge in [0.05, 0.1) is 48.4 Å². The largest absolute Gasteiger partial charge is 0.475 e. The topological polar surface area (TPSA) is 157 Å². The third kappa shape index (κ3) is 7.71. The van der Waals surface area contributed by atoms with Crippen molar-refractivity contribution in [3.05, 3.63) is 83.4 Å². The molecule has 5 rings (SSSR count). The van der Waals surface area contributed by atoms with Crippen molar-refractivity contribution in [1.29, 1.82) is 0 Å². The maximum atomic E-state index is 14.3. The van der Waals surface area contributed by atoms with Crippen molar-refractivity contribution in [1.82, 2.24) is 24.8 Å². The minimum absolute atomic E-state index is 0. The summed E-state index contributed by atoms with van der Waals surface area (Å²) in [4.78, 5) is 46.9. The van der Waals surface area contributed by atoms with E-state index < -0.39 is 28.1 Å². The molecule has 2 aromatic heterocycles. The highest BCUT2D eigenvalue weighted by atomic mass is 32.2. The SMILES string of the molecule is COC(=O)N(C)c1cnc(CN2C(=O)c3cccc(c3)S(=O)(=O)Nc3nc(cc(-c4c(C)cccc4C)n3)OC[C@H]2CC(C)(C)C)nc1.[HH]. The van der Waals surface area contributed by atoms with Gasteiger partial charge in [-0.1, -0.05) is 45.0 Å². The summed E-state index contributed by atoms with van der Waals surface area (Å²) in [6.45, 7) is 10.1. The molecule has 13 nitrogen and oxygen atoms in total. The number of fused-ring (bicyclic) bond motifs is 4. The Morgan fingerprint density at radius 2 is 1.75 bits per heavy atom. The number of carbonyl (C=O) groups excluding carboxylic acids is 2. The summed E-state index contributed by atoms with van der Waals surface area (Å²) in [7, 11) is -1.40. The minimum atomic E-state index is -4.21. The molecule has 0 radical (unpaired) electrons. The van der Waals surface area contributed by atoms with Gasteiger partial charge in [0, 0.05) is 25.7 Å². The second kappa shape index (κ2) is 13.6. The fourth-order valence-corrected chi connectivity index (χ4v) is 6.53. The van der Waals surface area contributed by atoms with E-state index in [4.69, 9.17) is 9.47 Å². The summed E-state index contributed by atoms with van der Waals surface area (Å²) in [5.41, 5.74) is 3.53. The third-order valence-corrected chi connectivity index (χ3v) is 9.20. The second-order valence-corrected chi connectivity index (χ2v) is 14.5. The van der Waals surface area contributed by atoms with E-state index in [0.717, 1.165) is 16.7 Å². The average Bonchev–Trinajstić information content (AvgIpc) is 3.04. The third-order valence-electron chi connectivity index (χ3n) is 7.87. The van der Waals surface area contributed by atoms with Crippen LogP contribution >= 0.6 is 0 Å². The number of aromatic nitrogens is 4. The number of ether oxygens (including phenoxy) is 2. The van der Waals surface area contributed by atoms with Gasteiger partial charge in [0.15, 0.2) is 0 Å². The molecule has 1 atom stereocenters. The lowest BCUT2D eigenvalue weighted by atomic mass is 9.87. The van der Waals surface area contributed by atoms with Crippen molar-refractivity contribution in [2.45, 2.75) is 58.5 Å². The Balaban J connectivity index is 0.00000541. The van der Waals surface area contributed by atoms with Crippen LogP contribution in [0.4, 0.5) is 16.4 Å². The van der Waals surface area contributed by atoms with E-state index in [1.54, 1.807) is 17.0 Å². The number of rotatable bonds is 5. The summed E-state index contributed by atoms with van der Waals surface area (Å²) in [5.74, 6) is -0.141. The van der Waals surface area contributed by atoms with Crippen LogP contribution in [0, 0.1) is 19.3 Å². The smallest absolute Gasteiger partial charge is 0.413 e. The lowest BCUT2D eigenvalue weighted by molar-refractivity contribution is 0.0505. The molecule has 3 heterocycles. The Hall–Kier alpha value is -5.11. The number of hydrogen-bond donors (Lipinski definition) is 1. The van der Waals surface area contributed by atoms with Crippen LogP contribution in [0.25, 0.3) is 11.3 Å². The van der Waals surface area contributed by atoms with Crippen molar-refractivity contribution in [3.63, 3.8) is 0 Å². The number of sulfonamides is 1. The predicted octanol–water partition coefficient (Wildman–Crippen LogP) is 5.64. The van der Waals surface area contributed by atoms with Gasteiger partial charge in [-0.3, -0.25) is 9.69 Å². The van der Waals surface area contributed by atoms with Crippen molar-refractivity contribution < 1.29 is 28.9 Å². The number of amides is 2. The molecular weight excluding hydrogens is 634 g/mol. The molecular formula is C34H41N7O6S. The molecule has 0 aliphatic carbocycles. The molecule has 1 N–H and O–H groups in total. The molecule has 0 saturated carbocycles. The molecule has 2 amide bonds. The lowest BCUT2D eigenvalue weighted by Gasteiger charge is -2.35. The van der Waals surface area contributed by atoms with Crippen LogP contribution in [0.1, 0.15) is 55.9 Å². The maximum absolute atomic E-state index is 14.3. The molecule has 0 spiro atoms. The van der Waals surface area contributed by atoms with E-state index in [-0.39, 0.29) is 42.3 Å². The van der Waals surface area contributed by atoms with Crippen LogP contribution in [0.3, 0.4) is 0 Å². The van der Waals surface area contributed by atoms with Crippen molar-refractivity contribution in [2.75, 3.05) is 30.4 Å². The van der Waals surface area contributed by atoms with Gasteiger partial charge in [0.25, 0.3) is 15.9 Å². The van der Waals surface area contributed by atoms with Gasteiger partial charge in [0.1, 0.15) is 12.4 Å². The maximum Gasteiger partial charge on any atom is 0.413 e. The molecule has 4 bridgehead atoms. The molecule has 1 aliphatic heterocycles. The number of nitrogens with one attached hydrogen (secondary N) is 1. The zero-order valence-electron chi connectivity index (χ0n) is 28.0. The molecule has 1 aliphatic rings. The fourth-order valence-electron chi connectivity index (χ4n) is 5.54. The zero-order valence-corrected chi connectivity index (χ0v) is 28.8. The highest BCUT2D eigenvalue weighted by molar-refractivity contribution is 7.92. The summed E-state index contributed by atoms with van der Waals surface area (Å²) >= 11 is 0. The first-order chi connectivity index (χ1) is 22.6. The number of aryl methyl sites for hydroxylation is 2. The number of methoxy groups -OCH3 is 1. The number of carbonyl (C=O) groups is 2. The molecule has 0 fully saturated rings. The number of benzene rings is 2. The fraction of sp³-hybridized carbons (Fsp3) is 0.353. The first-order valence-electron chi connectivity index (χ1n) is 15.3. The molecule has 2 aromatic carbocycles. The van der Waals surface area contributed by atoms with E-state index in [2.05, 4.69) is 45.4 Å². The Bertz CT molecular complexity index is 1930. The van der Waals surface area contributed by atoms with Crippen LogP contribution in [-0.2, 0) is 21.3 Å². The van der Waals surface area contributed by atoms with Gasteiger partial charge >= 0.3 is 6.09 Å². The Morgan fingerprint density at radius 1 is 1.08 bits per heavy atom. The van der Waals surface area contributed by atoms with Crippen molar-refractivity contribution in [3.8, 4) is 17.1 Å². The van der Waals surface area contributed by atoms with Crippen LogP contribution in [0.2, 0.25) is 0 Å². The van der Waals surface area contributed by atoms with Crippen molar-refractivity contribution >= 4 is 33.7 Å². The normalized spacial score (nSPS) is 16.0. The molecule has 14 heteroatoms. The monoisotopic (exact) mass is 675 g/mol. The molecule has 48 heavy (non-hydrogen) atoms. The standard InChI is InChI=1S/C34H39N7O6S.H2/c1-21-10-8-11-22(2)30(21)27-15-29-38-32(37-27)39-48(44,45)26-13-9-12-23(14-26)31(42)41(24(20-47-29)16-34(3,4)5)19-28-35-17-25(18-36-28)40(6)33(43)46-7;/h8-15,17-18,24H,16,19-20H2,1-7H3,(H,37,38,39);1H/t24-;/m1./s1. The van der Waals surface area contributed by atoms with E-state index in [0.29, 0.717) is 23.6 Å². The van der Waals surface area contributed by atoms with Gasteiger partial charge in [-0.25, -0.2) is 32.9 Å². The van der Waals surface area contributed by atoms with E-state index in [1.165, 1.54) is 49.7 Å². The zero-order chi connectivity index (χ0) is 34.8. The number of nitrogens with zero attached hydrogens (tertiary/aromatic N) is 6. The summed E-state index contributed by atoms with van der Waals surface area (Å²) in [5, 5.41) is 0. The first-order valence-corrected chi connectivity index (χ1v) is 16.8. The Kier molecular flexibility index (Phi) is 9.66. The summed E-state index contributed by atoms with van der Waals surface area (Å²) in [6, 6.07) is 12.8. The molecule has 254 valence electrons. The van der Waals surface area contributed by atoms with Crippen LogP contribution < -0.4 is 14.4 Å². The predicted molar refractivity (Wildman–Crippen MR) is 182 cm³/mol. The van der Waals surface area contributed by atoms with E-state index in [1.807, 2.05) is 32.0 Å². The van der Waals surface area contributed by atoms with Gasteiger partial charge < -0.3 is 14.4 Å². The van der Waals surface area contributed by atoms with Crippen LogP contribution in [-0.4, -0.2) is 72.1 Å².